The molecule has 1 aromatic rings. The van der Waals surface area contributed by atoms with E-state index in [4.69, 9.17) is 5.73 Å². The Morgan fingerprint density at radius 2 is 2.25 bits per heavy atom. The highest BCUT2D eigenvalue weighted by Gasteiger charge is 2.13. The summed E-state index contributed by atoms with van der Waals surface area (Å²) in [7, 11) is 1.96. The summed E-state index contributed by atoms with van der Waals surface area (Å²) in [5.41, 5.74) is 6.64. The van der Waals surface area contributed by atoms with Crippen LogP contribution >= 0.6 is 0 Å². The van der Waals surface area contributed by atoms with E-state index in [1.54, 1.807) is 0 Å². The van der Waals surface area contributed by atoms with Crippen LogP contribution in [0, 0.1) is 0 Å². The highest BCUT2D eigenvalue weighted by Crippen LogP contribution is 2.06. The largest absolute Gasteiger partial charge is 0.353 e. The molecule has 1 aromatic heterocycles. The fraction of sp³-hybridized carbons (Fsp3) is 0.583. The van der Waals surface area contributed by atoms with Gasteiger partial charge < -0.3 is 15.6 Å². The second-order valence-corrected chi connectivity index (χ2v) is 4.88. The van der Waals surface area contributed by atoms with Crippen LogP contribution in [-0.2, 0) is 18.4 Å². The molecule has 0 spiro atoms. The monoisotopic (exact) mass is 223 g/mol. The van der Waals surface area contributed by atoms with E-state index < -0.39 is 0 Å². The molecule has 0 aliphatic rings. The first-order valence-corrected chi connectivity index (χ1v) is 5.54. The number of aromatic nitrogens is 1. The van der Waals surface area contributed by atoms with Gasteiger partial charge in [-0.05, 0) is 32.4 Å². The summed E-state index contributed by atoms with van der Waals surface area (Å²) in [5.74, 6) is 0.0553. The molecule has 0 radical (unpaired) electrons. The van der Waals surface area contributed by atoms with Gasteiger partial charge in [0.15, 0.2) is 0 Å². The van der Waals surface area contributed by atoms with Crippen molar-refractivity contribution in [1.82, 2.24) is 9.88 Å². The van der Waals surface area contributed by atoms with Crippen LogP contribution in [0.5, 0.6) is 0 Å². The van der Waals surface area contributed by atoms with Crippen molar-refractivity contribution >= 4 is 5.91 Å². The van der Waals surface area contributed by atoms with Gasteiger partial charge in [-0.15, -0.1) is 0 Å². The van der Waals surface area contributed by atoms with Crippen molar-refractivity contribution in [3.8, 4) is 0 Å². The maximum atomic E-state index is 11.5. The predicted molar refractivity (Wildman–Crippen MR) is 64.8 cm³/mol. The van der Waals surface area contributed by atoms with E-state index in [1.165, 1.54) is 0 Å². The number of hydrogen-bond acceptors (Lipinski definition) is 2. The van der Waals surface area contributed by atoms with Gasteiger partial charge in [-0.2, -0.15) is 0 Å². The smallest absolute Gasteiger partial charge is 0.220 e. The Morgan fingerprint density at radius 3 is 2.75 bits per heavy atom. The average molecular weight is 223 g/mol. The lowest BCUT2D eigenvalue weighted by Gasteiger charge is -2.17. The van der Waals surface area contributed by atoms with Crippen LogP contribution in [0.3, 0.4) is 0 Å². The average Bonchev–Trinajstić information content (AvgIpc) is 2.57. The predicted octanol–water partition coefficient (Wildman–Crippen LogP) is 1.16. The minimum Gasteiger partial charge on any atom is -0.353 e. The molecule has 4 nitrogen and oxygen atoms in total. The van der Waals surface area contributed by atoms with Crippen LogP contribution in [0.15, 0.2) is 18.3 Å². The lowest BCUT2D eigenvalue weighted by Crippen LogP contribution is -2.34. The van der Waals surface area contributed by atoms with Crippen molar-refractivity contribution in [3.05, 3.63) is 24.0 Å². The molecule has 1 rings (SSSR count). The fourth-order valence-electron chi connectivity index (χ4n) is 1.39. The van der Waals surface area contributed by atoms with Gasteiger partial charge in [-0.1, -0.05) is 0 Å². The second-order valence-electron chi connectivity index (χ2n) is 4.88. The Kier molecular flexibility index (Phi) is 4.12. The van der Waals surface area contributed by atoms with Gasteiger partial charge in [0, 0.05) is 30.9 Å². The first kappa shape index (κ1) is 12.8. The van der Waals surface area contributed by atoms with Gasteiger partial charge in [0.1, 0.15) is 0 Å². The molecule has 3 N–H and O–H groups in total. The van der Waals surface area contributed by atoms with Crippen LogP contribution in [0.4, 0.5) is 0 Å². The van der Waals surface area contributed by atoms with Crippen molar-refractivity contribution in [2.75, 3.05) is 0 Å². The molecule has 0 unspecified atom stereocenters. The molecular formula is C12H21N3O. The Labute approximate surface area is 96.8 Å². The topological polar surface area (TPSA) is 60.0 Å². The summed E-state index contributed by atoms with van der Waals surface area (Å²) in [6.07, 6.45) is 3.14. The van der Waals surface area contributed by atoms with Crippen molar-refractivity contribution in [2.45, 2.75) is 38.8 Å². The maximum absolute atomic E-state index is 11.5. The van der Waals surface area contributed by atoms with Gasteiger partial charge in [-0.25, -0.2) is 0 Å². The third-order valence-electron chi connectivity index (χ3n) is 2.51. The van der Waals surface area contributed by atoms with Crippen molar-refractivity contribution < 1.29 is 4.79 Å². The number of carbonyl (C=O) groups excluding carboxylic acids is 1. The molecule has 0 saturated carbocycles. The number of nitrogens with one attached hydrogen (secondary N) is 1. The fourth-order valence-corrected chi connectivity index (χ4v) is 1.39. The molecule has 0 fully saturated rings. The molecule has 1 amide bonds. The molecule has 0 atom stereocenters. The van der Waals surface area contributed by atoms with E-state index in [0.717, 1.165) is 5.69 Å². The quantitative estimate of drug-likeness (QED) is 0.787. The van der Waals surface area contributed by atoms with Crippen molar-refractivity contribution in [1.29, 1.82) is 0 Å². The summed E-state index contributed by atoms with van der Waals surface area (Å²) in [5, 5.41) is 2.88. The molecule has 0 saturated heterocycles. The van der Waals surface area contributed by atoms with Gasteiger partial charge in [-0.3, -0.25) is 4.79 Å². The standard InChI is InChI=1S/C12H21N3O/c1-12(2,13)7-6-11(16)14-9-10-5-4-8-15(10)3/h4-5,8H,6-7,9,13H2,1-3H3,(H,14,16). The summed E-state index contributed by atoms with van der Waals surface area (Å²) in [4.78, 5) is 11.5. The molecule has 1 heterocycles. The summed E-state index contributed by atoms with van der Waals surface area (Å²) in [6.45, 7) is 4.43. The Morgan fingerprint density at radius 1 is 1.56 bits per heavy atom. The van der Waals surface area contributed by atoms with E-state index >= 15 is 0 Å². The lowest BCUT2D eigenvalue weighted by molar-refractivity contribution is -0.121. The third-order valence-corrected chi connectivity index (χ3v) is 2.51. The molecule has 0 aliphatic heterocycles. The van der Waals surface area contributed by atoms with E-state index in [9.17, 15) is 4.79 Å². The maximum Gasteiger partial charge on any atom is 0.220 e. The molecular weight excluding hydrogens is 202 g/mol. The molecule has 4 heteroatoms. The van der Waals surface area contributed by atoms with E-state index in [0.29, 0.717) is 19.4 Å². The Hall–Kier alpha value is -1.29. The first-order valence-electron chi connectivity index (χ1n) is 5.54. The summed E-state index contributed by atoms with van der Waals surface area (Å²) >= 11 is 0. The van der Waals surface area contributed by atoms with Gasteiger partial charge in [0.25, 0.3) is 0 Å². The number of amides is 1. The van der Waals surface area contributed by atoms with Gasteiger partial charge >= 0.3 is 0 Å². The third kappa shape index (κ3) is 4.49. The lowest BCUT2D eigenvalue weighted by atomic mass is 10.00. The number of aryl methyl sites for hydroxylation is 1. The normalized spacial score (nSPS) is 11.5. The van der Waals surface area contributed by atoms with Gasteiger partial charge in [0.05, 0.1) is 6.54 Å². The minimum atomic E-state index is -0.275. The van der Waals surface area contributed by atoms with Crippen molar-refractivity contribution in [3.63, 3.8) is 0 Å². The minimum absolute atomic E-state index is 0.0553. The van der Waals surface area contributed by atoms with Crippen LogP contribution in [-0.4, -0.2) is 16.0 Å². The van der Waals surface area contributed by atoms with E-state index in [1.807, 2.05) is 43.8 Å². The summed E-state index contributed by atoms with van der Waals surface area (Å²) < 4.78 is 1.99. The number of nitrogens with zero attached hydrogens (tertiary/aromatic N) is 1. The zero-order chi connectivity index (χ0) is 12.2. The number of rotatable bonds is 5. The summed E-state index contributed by atoms with van der Waals surface area (Å²) in [6, 6.07) is 3.96. The molecule has 0 aliphatic carbocycles. The Bertz CT molecular complexity index is 349. The van der Waals surface area contributed by atoms with Crippen LogP contribution < -0.4 is 11.1 Å². The van der Waals surface area contributed by atoms with Crippen LogP contribution in [0.25, 0.3) is 0 Å². The molecule has 0 aromatic carbocycles. The Balaban J connectivity index is 2.29. The highest BCUT2D eigenvalue weighted by molar-refractivity contribution is 5.75. The highest BCUT2D eigenvalue weighted by atomic mass is 16.1. The first-order chi connectivity index (χ1) is 7.38. The number of hydrogen-bond donors (Lipinski definition) is 2. The van der Waals surface area contributed by atoms with Crippen molar-refractivity contribution in [2.24, 2.45) is 12.8 Å². The SMILES string of the molecule is Cn1cccc1CNC(=O)CCC(C)(C)N. The zero-order valence-corrected chi connectivity index (χ0v) is 10.3. The second kappa shape index (κ2) is 5.16. The molecule has 90 valence electrons. The van der Waals surface area contributed by atoms with Crippen LogP contribution in [0.2, 0.25) is 0 Å². The van der Waals surface area contributed by atoms with E-state index in [-0.39, 0.29) is 11.4 Å². The number of carbonyl (C=O) groups is 1. The van der Waals surface area contributed by atoms with Gasteiger partial charge in [0.2, 0.25) is 5.91 Å². The molecule has 0 bridgehead atoms. The molecule has 16 heavy (non-hydrogen) atoms. The zero-order valence-electron chi connectivity index (χ0n) is 10.3. The van der Waals surface area contributed by atoms with E-state index in [2.05, 4.69) is 5.32 Å². The van der Waals surface area contributed by atoms with Crippen LogP contribution in [0.1, 0.15) is 32.4 Å². The number of nitrogens with two attached hydrogens (primary N) is 1.